The molecule has 0 saturated carbocycles. The minimum Gasteiger partial charge on any atom is -0.419 e. The molecule has 10 heteroatoms. The zero-order valence-electron chi connectivity index (χ0n) is 15.4. The SMILES string of the molecule is CC(C)Cn1c(SCc2nnc(-c3cccs3)o2)nnc1N1CCOCC1. The number of morpholine rings is 1. The van der Waals surface area contributed by atoms with Crippen molar-refractivity contribution in [2.45, 2.75) is 31.3 Å². The molecule has 8 nitrogen and oxygen atoms in total. The van der Waals surface area contributed by atoms with Gasteiger partial charge in [-0.25, -0.2) is 0 Å². The van der Waals surface area contributed by atoms with Crippen molar-refractivity contribution in [3.8, 4) is 10.8 Å². The second-order valence-corrected chi connectivity index (χ2v) is 8.54. The largest absolute Gasteiger partial charge is 0.419 e. The highest BCUT2D eigenvalue weighted by molar-refractivity contribution is 7.98. The molecule has 1 aliphatic heterocycles. The van der Waals surface area contributed by atoms with Gasteiger partial charge in [-0.15, -0.1) is 31.7 Å². The van der Waals surface area contributed by atoms with Gasteiger partial charge in [0, 0.05) is 19.6 Å². The lowest BCUT2D eigenvalue weighted by molar-refractivity contribution is 0.121. The predicted molar refractivity (Wildman–Crippen MR) is 105 cm³/mol. The maximum atomic E-state index is 5.78. The molecule has 0 bridgehead atoms. The highest BCUT2D eigenvalue weighted by Gasteiger charge is 2.21. The van der Waals surface area contributed by atoms with Gasteiger partial charge in [0.2, 0.25) is 11.8 Å². The van der Waals surface area contributed by atoms with E-state index in [-0.39, 0.29) is 0 Å². The first-order valence-electron chi connectivity index (χ1n) is 8.95. The average Bonchev–Trinajstić information content (AvgIpc) is 3.41. The number of thioether (sulfide) groups is 1. The lowest BCUT2D eigenvalue weighted by Crippen LogP contribution is -2.38. The zero-order chi connectivity index (χ0) is 18.6. The van der Waals surface area contributed by atoms with E-state index in [2.05, 4.69) is 43.7 Å². The Morgan fingerprint density at radius 2 is 2.04 bits per heavy atom. The molecule has 0 spiro atoms. The molecular weight excluding hydrogens is 384 g/mol. The van der Waals surface area contributed by atoms with Crippen LogP contribution in [0.1, 0.15) is 19.7 Å². The van der Waals surface area contributed by atoms with E-state index in [1.165, 1.54) is 0 Å². The van der Waals surface area contributed by atoms with Crippen LogP contribution in [0.3, 0.4) is 0 Å². The van der Waals surface area contributed by atoms with Crippen LogP contribution >= 0.6 is 23.1 Å². The summed E-state index contributed by atoms with van der Waals surface area (Å²) in [4.78, 5) is 3.22. The van der Waals surface area contributed by atoms with Crippen molar-refractivity contribution in [2.75, 3.05) is 31.2 Å². The molecule has 1 aliphatic rings. The Kier molecular flexibility index (Phi) is 5.74. The third kappa shape index (κ3) is 4.33. The van der Waals surface area contributed by atoms with E-state index in [4.69, 9.17) is 9.15 Å². The summed E-state index contributed by atoms with van der Waals surface area (Å²) in [6, 6.07) is 3.95. The first kappa shape index (κ1) is 18.5. The molecule has 0 radical (unpaired) electrons. The third-order valence-electron chi connectivity index (χ3n) is 4.06. The molecule has 0 aromatic carbocycles. The van der Waals surface area contributed by atoms with Crippen LogP contribution in [0.4, 0.5) is 5.95 Å². The average molecular weight is 407 g/mol. The standard InChI is InChI=1S/C17H22N6O2S2/c1-12(2)10-23-16(22-5-7-24-8-6-22)20-21-17(23)27-11-14-18-19-15(25-14)13-4-3-9-26-13/h3-4,9,12H,5-8,10-11H2,1-2H3. The Morgan fingerprint density at radius 1 is 1.19 bits per heavy atom. The lowest BCUT2D eigenvalue weighted by atomic mass is 10.2. The number of hydrogen-bond acceptors (Lipinski definition) is 9. The molecule has 4 heterocycles. The zero-order valence-corrected chi connectivity index (χ0v) is 17.0. The van der Waals surface area contributed by atoms with Gasteiger partial charge >= 0.3 is 0 Å². The van der Waals surface area contributed by atoms with E-state index >= 15 is 0 Å². The van der Waals surface area contributed by atoms with Gasteiger partial charge in [-0.05, 0) is 17.4 Å². The highest BCUT2D eigenvalue weighted by atomic mass is 32.2. The molecule has 3 aromatic rings. The van der Waals surface area contributed by atoms with E-state index in [1.807, 2.05) is 17.5 Å². The highest BCUT2D eigenvalue weighted by Crippen LogP contribution is 2.28. The fourth-order valence-corrected chi connectivity index (χ4v) is 4.27. The molecule has 4 rings (SSSR count). The normalized spacial score (nSPS) is 15.0. The maximum absolute atomic E-state index is 5.78. The first-order chi connectivity index (χ1) is 13.2. The second kappa shape index (κ2) is 8.41. The summed E-state index contributed by atoms with van der Waals surface area (Å²) >= 11 is 3.16. The molecule has 0 atom stereocenters. The number of rotatable bonds is 7. The van der Waals surface area contributed by atoms with Gasteiger partial charge in [0.25, 0.3) is 5.89 Å². The smallest absolute Gasteiger partial charge is 0.257 e. The number of hydrogen-bond donors (Lipinski definition) is 0. The van der Waals surface area contributed by atoms with Crippen molar-refractivity contribution in [2.24, 2.45) is 5.92 Å². The molecule has 1 fully saturated rings. The molecule has 0 N–H and O–H groups in total. The van der Waals surface area contributed by atoms with Gasteiger partial charge < -0.3 is 14.1 Å². The summed E-state index contributed by atoms with van der Waals surface area (Å²) in [5.74, 6) is 3.14. The Hall–Kier alpha value is -1.91. The van der Waals surface area contributed by atoms with Crippen molar-refractivity contribution < 1.29 is 9.15 Å². The van der Waals surface area contributed by atoms with Gasteiger partial charge in [0.05, 0.1) is 23.8 Å². The molecule has 1 saturated heterocycles. The van der Waals surface area contributed by atoms with Gasteiger partial charge in [0.1, 0.15) is 0 Å². The predicted octanol–water partition coefficient (Wildman–Crippen LogP) is 3.17. The fraction of sp³-hybridized carbons (Fsp3) is 0.529. The maximum Gasteiger partial charge on any atom is 0.257 e. The van der Waals surface area contributed by atoms with Gasteiger partial charge in [-0.3, -0.25) is 4.57 Å². The van der Waals surface area contributed by atoms with E-state index in [0.717, 1.165) is 48.8 Å². The Bertz CT molecular complexity index is 855. The number of anilines is 1. The van der Waals surface area contributed by atoms with Crippen molar-refractivity contribution in [3.05, 3.63) is 23.4 Å². The van der Waals surface area contributed by atoms with Gasteiger partial charge in [-0.1, -0.05) is 31.7 Å². The molecule has 0 unspecified atom stereocenters. The molecule has 0 amide bonds. The number of aromatic nitrogens is 5. The number of thiophene rings is 1. The van der Waals surface area contributed by atoms with Crippen LogP contribution in [0.15, 0.2) is 27.1 Å². The summed E-state index contributed by atoms with van der Waals surface area (Å²) in [5.41, 5.74) is 0. The molecule has 144 valence electrons. The number of nitrogens with zero attached hydrogens (tertiary/aromatic N) is 6. The van der Waals surface area contributed by atoms with E-state index in [0.29, 0.717) is 23.5 Å². The van der Waals surface area contributed by atoms with Crippen LogP contribution in [0, 0.1) is 5.92 Å². The van der Waals surface area contributed by atoms with Crippen LogP contribution in [-0.2, 0) is 17.0 Å². The van der Waals surface area contributed by atoms with Crippen molar-refractivity contribution in [1.82, 2.24) is 25.0 Å². The summed E-state index contributed by atoms with van der Waals surface area (Å²) in [6.45, 7) is 8.40. The Morgan fingerprint density at radius 3 is 2.78 bits per heavy atom. The summed E-state index contributed by atoms with van der Waals surface area (Å²) < 4.78 is 13.4. The van der Waals surface area contributed by atoms with E-state index in [1.54, 1.807) is 23.1 Å². The van der Waals surface area contributed by atoms with Crippen molar-refractivity contribution in [3.63, 3.8) is 0 Å². The van der Waals surface area contributed by atoms with Crippen LogP contribution in [0.25, 0.3) is 10.8 Å². The molecular formula is C17H22N6O2S2. The van der Waals surface area contributed by atoms with Gasteiger partial charge in [0.15, 0.2) is 5.16 Å². The lowest BCUT2D eigenvalue weighted by Gasteiger charge is -2.28. The van der Waals surface area contributed by atoms with Gasteiger partial charge in [-0.2, -0.15) is 0 Å². The first-order valence-corrected chi connectivity index (χ1v) is 10.8. The minimum atomic E-state index is 0.494. The molecule has 0 aliphatic carbocycles. The van der Waals surface area contributed by atoms with Crippen LogP contribution in [0.2, 0.25) is 0 Å². The summed E-state index contributed by atoms with van der Waals surface area (Å²) in [5, 5.41) is 20.0. The molecule has 3 aromatic heterocycles. The number of ether oxygens (including phenoxy) is 1. The van der Waals surface area contributed by atoms with E-state index < -0.39 is 0 Å². The summed E-state index contributed by atoms with van der Waals surface area (Å²) in [6.07, 6.45) is 0. The van der Waals surface area contributed by atoms with Crippen LogP contribution in [-0.4, -0.2) is 51.3 Å². The minimum absolute atomic E-state index is 0.494. The Labute approximate surface area is 165 Å². The topological polar surface area (TPSA) is 82.1 Å². The Balaban J connectivity index is 1.48. The second-order valence-electron chi connectivity index (χ2n) is 6.65. The van der Waals surface area contributed by atoms with E-state index in [9.17, 15) is 0 Å². The fourth-order valence-electron chi connectivity index (χ4n) is 2.85. The van der Waals surface area contributed by atoms with Crippen LogP contribution in [0.5, 0.6) is 0 Å². The molecule has 27 heavy (non-hydrogen) atoms. The monoisotopic (exact) mass is 406 g/mol. The van der Waals surface area contributed by atoms with Crippen LogP contribution < -0.4 is 4.90 Å². The summed E-state index contributed by atoms with van der Waals surface area (Å²) in [7, 11) is 0. The van der Waals surface area contributed by atoms with Crippen molar-refractivity contribution in [1.29, 1.82) is 0 Å². The quantitative estimate of drug-likeness (QED) is 0.553. The third-order valence-corrected chi connectivity index (χ3v) is 5.87. The van der Waals surface area contributed by atoms with Crippen molar-refractivity contribution >= 4 is 29.0 Å².